The first-order valence-electron chi connectivity index (χ1n) is 11.5. The Bertz CT molecular complexity index is 1250. The number of nitrogens with one attached hydrogen (secondary N) is 2. The molecule has 0 bridgehead atoms. The smallest absolute Gasteiger partial charge is 0.407 e. The first kappa shape index (κ1) is 24.0. The molecular formula is C28H28N2O5. The number of amides is 2. The topological polar surface area (TPSA) is 105 Å². The van der Waals surface area contributed by atoms with Gasteiger partial charge in [-0.3, -0.25) is 4.79 Å². The van der Waals surface area contributed by atoms with E-state index in [1.165, 1.54) is 6.07 Å². The van der Waals surface area contributed by atoms with E-state index in [-0.39, 0.29) is 30.4 Å². The highest BCUT2D eigenvalue weighted by Crippen LogP contribution is 2.44. The van der Waals surface area contributed by atoms with Gasteiger partial charge in [-0.15, -0.1) is 0 Å². The van der Waals surface area contributed by atoms with Crippen molar-refractivity contribution < 1.29 is 24.2 Å². The van der Waals surface area contributed by atoms with Crippen molar-refractivity contribution >= 4 is 23.7 Å². The van der Waals surface area contributed by atoms with Crippen LogP contribution in [0.5, 0.6) is 0 Å². The third-order valence-corrected chi connectivity index (χ3v) is 6.38. The zero-order valence-electron chi connectivity index (χ0n) is 19.9. The number of rotatable bonds is 7. The van der Waals surface area contributed by atoms with E-state index in [0.717, 1.165) is 27.8 Å². The molecule has 0 saturated carbocycles. The maximum atomic E-state index is 12.5. The first-order chi connectivity index (χ1) is 16.7. The number of benzene rings is 3. The number of hydrogen-bond acceptors (Lipinski definition) is 4. The summed E-state index contributed by atoms with van der Waals surface area (Å²) in [4.78, 5) is 36.3. The molecule has 180 valence electrons. The third kappa shape index (κ3) is 5.19. The molecule has 4 rings (SSSR count). The molecule has 1 unspecified atom stereocenters. The van der Waals surface area contributed by atoms with Gasteiger partial charge in [-0.2, -0.15) is 0 Å². The third-order valence-electron chi connectivity index (χ3n) is 6.38. The minimum absolute atomic E-state index is 0.0134. The Morgan fingerprint density at radius 2 is 1.57 bits per heavy atom. The van der Waals surface area contributed by atoms with Crippen molar-refractivity contribution in [3.05, 3.63) is 88.5 Å². The number of carbonyl (C=O) groups excluding carboxylic acids is 2. The number of aryl methyl sites for hydroxylation is 1. The second kappa shape index (κ2) is 10.0. The summed E-state index contributed by atoms with van der Waals surface area (Å²) < 4.78 is 5.53. The number of hydrogen-bond donors (Lipinski definition) is 3. The highest BCUT2D eigenvalue weighted by molar-refractivity contribution is 5.95. The molecule has 0 aromatic heterocycles. The van der Waals surface area contributed by atoms with Crippen LogP contribution in [0.3, 0.4) is 0 Å². The molecule has 7 heteroatoms. The summed E-state index contributed by atoms with van der Waals surface area (Å²) in [7, 11) is 0. The molecule has 3 N–H and O–H groups in total. The zero-order valence-corrected chi connectivity index (χ0v) is 19.9. The van der Waals surface area contributed by atoms with Crippen molar-refractivity contribution in [2.45, 2.75) is 39.2 Å². The van der Waals surface area contributed by atoms with Crippen LogP contribution in [0.15, 0.2) is 60.7 Å². The number of carboxylic acids is 1. The minimum Gasteiger partial charge on any atom is -0.478 e. The van der Waals surface area contributed by atoms with Crippen LogP contribution in [0.1, 0.15) is 51.9 Å². The van der Waals surface area contributed by atoms with E-state index in [2.05, 4.69) is 34.9 Å². The van der Waals surface area contributed by atoms with E-state index >= 15 is 0 Å². The molecule has 0 spiro atoms. The summed E-state index contributed by atoms with van der Waals surface area (Å²) in [6.07, 6.45) is -0.578. The van der Waals surface area contributed by atoms with Crippen LogP contribution in [0, 0.1) is 13.8 Å². The molecule has 3 aromatic carbocycles. The van der Waals surface area contributed by atoms with Crippen LogP contribution in [-0.4, -0.2) is 35.7 Å². The van der Waals surface area contributed by atoms with Crippen molar-refractivity contribution in [2.75, 3.05) is 11.9 Å². The lowest BCUT2D eigenvalue weighted by Gasteiger charge is -2.17. The summed E-state index contributed by atoms with van der Waals surface area (Å²) in [5, 5.41) is 14.8. The SMILES string of the molecule is Cc1cc(NC(=O)CC(C)NC(=O)OCC2c3ccccc3-c3ccccc32)cc(C(=O)O)c1C. The van der Waals surface area contributed by atoms with Crippen molar-refractivity contribution in [3.63, 3.8) is 0 Å². The van der Waals surface area contributed by atoms with Crippen LogP contribution < -0.4 is 10.6 Å². The van der Waals surface area contributed by atoms with Gasteiger partial charge in [-0.1, -0.05) is 48.5 Å². The molecular weight excluding hydrogens is 444 g/mol. The number of carbonyl (C=O) groups is 3. The molecule has 2 amide bonds. The number of alkyl carbamates (subject to hydrolysis) is 1. The van der Waals surface area contributed by atoms with Gasteiger partial charge in [-0.05, 0) is 66.3 Å². The van der Waals surface area contributed by atoms with Gasteiger partial charge in [0.1, 0.15) is 6.61 Å². The number of fused-ring (bicyclic) bond motifs is 3. The summed E-state index contributed by atoms with van der Waals surface area (Å²) in [6, 6.07) is 18.9. The van der Waals surface area contributed by atoms with E-state index in [1.54, 1.807) is 26.8 Å². The van der Waals surface area contributed by atoms with Crippen molar-refractivity contribution in [1.29, 1.82) is 0 Å². The van der Waals surface area contributed by atoms with E-state index in [1.807, 2.05) is 24.3 Å². The van der Waals surface area contributed by atoms with Crippen LogP contribution in [0.25, 0.3) is 11.1 Å². The van der Waals surface area contributed by atoms with Crippen molar-refractivity contribution in [2.24, 2.45) is 0 Å². The number of carboxylic acid groups (broad SMARTS) is 1. The summed E-state index contributed by atoms with van der Waals surface area (Å²) >= 11 is 0. The maximum Gasteiger partial charge on any atom is 0.407 e. The predicted octanol–water partition coefficient (Wildman–Crippen LogP) is 5.26. The molecule has 0 aliphatic heterocycles. The van der Waals surface area contributed by atoms with Crippen LogP contribution in [0.2, 0.25) is 0 Å². The lowest BCUT2D eigenvalue weighted by atomic mass is 9.98. The lowest BCUT2D eigenvalue weighted by molar-refractivity contribution is -0.116. The van der Waals surface area contributed by atoms with Gasteiger partial charge in [0.15, 0.2) is 0 Å². The summed E-state index contributed by atoms with van der Waals surface area (Å²) in [6.45, 7) is 5.42. The molecule has 1 aliphatic rings. The quantitative estimate of drug-likeness (QED) is 0.435. The molecule has 3 aromatic rings. The zero-order chi connectivity index (χ0) is 25.1. The average molecular weight is 473 g/mol. The molecule has 1 aliphatic carbocycles. The first-order valence-corrected chi connectivity index (χ1v) is 11.5. The van der Waals surface area contributed by atoms with Crippen molar-refractivity contribution in [3.8, 4) is 11.1 Å². The van der Waals surface area contributed by atoms with E-state index in [0.29, 0.717) is 11.3 Å². The highest BCUT2D eigenvalue weighted by atomic mass is 16.5. The Kier molecular flexibility index (Phi) is 6.87. The fourth-order valence-electron chi connectivity index (χ4n) is 4.54. The van der Waals surface area contributed by atoms with Gasteiger partial charge in [0.2, 0.25) is 5.91 Å². The normalized spacial score (nSPS) is 12.9. The minimum atomic E-state index is -1.05. The Labute approximate surface area is 204 Å². The Morgan fingerprint density at radius 1 is 0.971 bits per heavy atom. The van der Waals surface area contributed by atoms with E-state index < -0.39 is 18.1 Å². The van der Waals surface area contributed by atoms with Gasteiger partial charge in [-0.25, -0.2) is 9.59 Å². The van der Waals surface area contributed by atoms with Crippen LogP contribution >= 0.6 is 0 Å². The maximum absolute atomic E-state index is 12.5. The molecule has 7 nitrogen and oxygen atoms in total. The summed E-state index contributed by atoms with van der Waals surface area (Å²) in [5.74, 6) is -1.43. The van der Waals surface area contributed by atoms with E-state index in [4.69, 9.17) is 4.74 Å². The average Bonchev–Trinajstić information content (AvgIpc) is 3.13. The van der Waals surface area contributed by atoms with Crippen LogP contribution in [0.4, 0.5) is 10.5 Å². The van der Waals surface area contributed by atoms with Crippen LogP contribution in [-0.2, 0) is 9.53 Å². The number of aromatic carboxylic acids is 1. The fraction of sp³-hybridized carbons (Fsp3) is 0.250. The second-order valence-corrected chi connectivity index (χ2v) is 8.89. The molecule has 0 heterocycles. The highest BCUT2D eigenvalue weighted by Gasteiger charge is 2.29. The molecule has 0 saturated heterocycles. The number of anilines is 1. The lowest BCUT2D eigenvalue weighted by Crippen LogP contribution is -2.36. The molecule has 0 fully saturated rings. The van der Waals surface area contributed by atoms with Gasteiger partial charge in [0.05, 0.1) is 5.56 Å². The molecule has 0 radical (unpaired) electrons. The monoisotopic (exact) mass is 472 g/mol. The molecule has 1 atom stereocenters. The van der Waals surface area contributed by atoms with E-state index in [9.17, 15) is 19.5 Å². The predicted molar refractivity (Wildman–Crippen MR) is 134 cm³/mol. The fourth-order valence-corrected chi connectivity index (χ4v) is 4.54. The molecule has 35 heavy (non-hydrogen) atoms. The summed E-state index contributed by atoms with van der Waals surface area (Å²) in [5.41, 5.74) is 6.53. The van der Waals surface area contributed by atoms with Gasteiger partial charge in [0, 0.05) is 24.1 Å². The second-order valence-electron chi connectivity index (χ2n) is 8.89. The van der Waals surface area contributed by atoms with Crippen molar-refractivity contribution in [1.82, 2.24) is 5.32 Å². The largest absolute Gasteiger partial charge is 0.478 e. The van der Waals surface area contributed by atoms with Gasteiger partial charge >= 0.3 is 12.1 Å². The van der Waals surface area contributed by atoms with Gasteiger partial charge < -0.3 is 20.5 Å². The Morgan fingerprint density at radius 3 is 2.17 bits per heavy atom. The Hall–Kier alpha value is -4.13. The standard InChI is InChI=1S/C28H28N2O5/c1-16-12-19(14-24(18(16)3)27(32)33)30-26(31)13-17(2)29-28(34)35-15-25-22-10-6-4-8-20(22)21-9-5-7-11-23(21)25/h4-12,14,17,25H,13,15H2,1-3H3,(H,29,34)(H,30,31)(H,32,33). The number of ether oxygens (including phenoxy) is 1. The Balaban J connectivity index is 1.32. The van der Waals surface area contributed by atoms with Gasteiger partial charge in [0.25, 0.3) is 0 Å².